The zero-order valence-electron chi connectivity index (χ0n) is 14.5. The molecule has 0 amide bonds. The van der Waals surface area contributed by atoms with Crippen molar-refractivity contribution in [1.29, 1.82) is 0 Å². The minimum atomic E-state index is -2.68. The summed E-state index contributed by atoms with van der Waals surface area (Å²) in [6.45, 7) is 0.196. The first-order valence-corrected chi connectivity index (χ1v) is 8.45. The van der Waals surface area contributed by atoms with Crippen LogP contribution >= 0.6 is 0 Å². The molecule has 0 radical (unpaired) electrons. The summed E-state index contributed by atoms with van der Waals surface area (Å²) in [6.07, 6.45) is 3.47. The third-order valence-electron chi connectivity index (χ3n) is 4.41. The van der Waals surface area contributed by atoms with Gasteiger partial charge in [0.05, 0.1) is 6.20 Å². The predicted octanol–water partition coefficient (Wildman–Crippen LogP) is 2.74. The highest BCUT2D eigenvalue weighted by atomic mass is 19.3. The third-order valence-corrected chi connectivity index (χ3v) is 4.41. The summed E-state index contributed by atoms with van der Waals surface area (Å²) in [6, 6.07) is 10.6. The first-order valence-electron chi connectivity index (χ1n) is 8.45. The summed E-state index contributed by atoms with van der Waals surface area (Å²) in [7, 11) is 0. The van der Waals surface area contributed by atoms with Crippen LogP contribution in [0.1, 0.15) is 17.6 Å². The molecular weight excluding hydrogens is 366 g/mol. The number of alkyl halides is 2. The van der Waals surface area contributed by atoms with Gasteiger partial charge in [-0.05, 0) is 17.7 Å². The average molecular weight is 381 g/mol. The van der Waals surface area contributed by atoms with Crippen LogP contribution in [0.3, 0.4) is 0 Å². The molecule has 8 heteroatoms. The van der Waals surface area contributed by atoms with E-state index >= 15 is 0 Å². The lowest BCUT2D eigenvalue weighted by Crippen LogP contribution is -2.41. The Kier molecular flexibility index (Phi) is 4.52. The number of benzene rings is 1. The number of fused-ring (bicyclic) bond motifs is 1. The molecule has 140 valence electrons. The largest absolute Gasteiger partial charge is 0.477 e. The molecule has 0 aliphatic heterocycles. The molecule has 4 rings (SSSR count). The standard InChI is InChI=1S/C20H14F2N4O2/c21-18(22)15-5-3-4-14(8-15)17-19(27)25-7-2-1-6-16(25)26(20(17)28)11-13-9-23-12-24-10-13/h1-10,12,18H,11H2/p+1. The first kappa shape index (κ1) is 17.7. The van der Waals surface area contributed by atoms with Crippen LogP contribution in [0.4, 0.5) is 8.78 Å². The van der Waals surface area contributed by atoms with Crippen LogP contribution in [0.15, 0.2) is 72.2 Å². The lowest BCUT2D eigenvalue weighted by Gasteiger charge is -2.10. The van der Waals surface area contributed by atoms with Crippen LogP contribution in [0.2, 0.25) is 0 Å². The van der Waals surface area contributed by atoms with Crippen LogP contribution in [-0.4, -0.2) is 19.5 Å². The second kappa shape index (κ2) is 7.15. The second-order valence-corrected chi connectivity index (χ2v) is 6.19. The molecule has 0 saturated heterocycles. The Balaban J connectivity index is 2.00. The number of nitrogens with zero attached hydrogens (tertiary/aromatic N) is 4. The van der Waals surface area contributed by atoms with E-state index in [0.717, 1.165) is 0 Å². The lowest BCUT2D eigenvalue weighted by molar-refractivity contribution is -0.671. The van der Waals surface area contributed by atoms with Gasteiger partial charge in [0.25, 0.3) is 18.0 Å². The van der Waals surface area contributed by atoms with E-state index in [1.165, 1.54) is 39.6 Å². The van der Waals surface area contributed by atoms with Crippen molar-refractivity contribution in [3.8, 4) is 17.0 Å². The summed E-state index contributed by atoms with van der Waals surface area (Å²) >= 11 is 0. The molecule has 28 heavy (non-hydrogen) atoms. The second-order valence-electron chi connectivity index (χ2n) is 6.19. The molecule has 6 nitrogen and oxygen atoms in total. The van der Waals surface area contributed by atoms with Gasteiger partial charge in [-0.3, -0.25) is 0 Å². The van der Waals surface area contributed by atoms with Crippen molar-refractivity contribution in [2.45, 2.75) is 13.0 Å². The van der Waals surface area contributed by atoms with Gasteiger partial charge in [0, 0.05) is 29.6 Å². The number of hydrogen-bond donors (Lipinski definition) is 1. The van der Waals surface area contributed by atoms with Crippen molar-refractivity contribution in [2.24, 2.45) is 0 Å². The van der Waals surface area contributed by atoms with Crippen molar-refractivity contribution in [2.75, 3.05) is 0 Å². The molecule has 0 bridgehead atoms. The number of aromatic nitrogens is 4. The van der Waals surface area contributed by atoms with Gasteiger partial charge >= 0.3 is 5.56 Å². The zero-order chi connectivity index (χ0) is 19.7. The van der Waals surface area contributed by atoms with E-state index in [0.29, 0.717) is 11.2 Å². The van der Waals surface area contributed by atoms with E-state index in [4.69, 9.17) is 0 Å². The normalized spacial score (nSPS) is 11.2. The maximum atomic E-state index is 13.1. The smallest absolute Gasteiger partial charge is 0.354 e. The summed E-state index contributed by atoms with van der Waals surface area (Å²) in [4.78, 5) is 20.9. The van der Waals surface area contributed by atoms with Crippen molar-refractivity contribution in [3.05, 3.63) is 88.9 Å². The highest BCUT2D eigenvalue weighted by Crippen LogP contribution is 2.28. The average Bonchev–Trinajstić information content (AvgIpc) is 2.72. The topological polar surface area (TPSA) is 71.4 Å². The number of halogens is 2. The van der Waals surface area contributed by atoms with Crippen LogP contribution in [0, 0.1) is 0 Å². The molecule has 0 fully saturated rings. The molecular formula is C20H15F2N4O2+. The molecule has 0 atom stereocenters. The molecule has 1 aromatic carbocycles. The fourth-order valence-electron chi connectivity index (χ4n) is 3.12. The highest BCUT2D eigenvalue weighted by Gasteiger charge is 2.25. The van der Waals surface area contributed by atoms with Gasteiger partial charge < -0.3 is 5.11 Å². The van der Waals surface area contributed by atoms with Crippen molar-refractivity contribution < 1.29 is 18.5 Å². The Morgan fingerprint density at radius 3 is 2.64 bits per heavy atom. The van der Waals surface area contributed by atoms with E-state index in [9.17, 15) is 18.7 Å². The Bertz CT molecular complexity index is 1210. The van der Waals surface area contributed by atoms with E-state index < -0.39 is 12.0 Å². The third kappa shape index (κ3) is 3.09. The molecule has 1 N–H and O–H groups in total. The van der Waals surface area contributed by atoms with E-state index in [1.807, 2.05) is 0 Å². The van der Waals surface area contributed by atoms with Crippen molar-refractivity contribution in [3.63, 3.8) is 0 Å². The minimum Gasteiger partial charge on any atom is -0.477 e. The Labute approximate surface area is 158 Å². The van der Waals surface area contributed by atoms with E-state index in [1.54, 1.807) is 36.8 Å². The quantitative estimate of drug-likeness (QED) is 0.552. The Morgan fingerprint density at radius 2 is 1.89 bits per heavy atom. The minimum absolute atomic E-state index is 0.0527. The van der Waals surface area contributed by atoms with Gasteiger partial charge in [-0.25, -0.2) is 23.5 Å². The fraction of sp³-hybridized carbons (Fsp3) is 0.100. The highest BCUT2D eigenvalue weighted by molar-refractivity contribution is 5.67. The van der Waals surface area contributed by atoms with Crippen molar-refractivity contribution >= 4 is 5.65 Å². The molecule has 0 saturated carbocycles. The van der Waals surface area contributed by atoms with Gasteiger partial charge in [0.1, 0.15) is 12.9 Å². The van der Waals surface area contributed by atoms with Gasteiger partial charge in [-0.1, -0.05) is 24.3 Å². The fourth-order valence-corrected chi connectivity index (χ4v) is 3.12. The summed E-state index contributed by atoms with van der Waals surface area (Å²) in [5, 5.41) is 10.9. The van der Waals surface area contributed by atoms with Crippen LogP contribution in [0.5, 0.6) is 5.88 Å². The summed E-state index contributed by atoms with van der Waals surface area (Å²) in [5.74, 6) is -0.313. The molecule has 4 aromatic rings. The van der Waals surface area contributed by atoms with E-state index in [-0.39, 0.29) is 29.1 Å². The van der Waals surface area contributed by atoms with Gasteiger partial charge in [-0.15, -0.1) is 0 Å². The van der Waals surface area contributed by atoms with E-state index in [2.05, 4.69) is 9.97 Å². The number of hydrogen-bond acceptors (Lipinski definition) is 4. The van der Waals surface area contributed by atoms with Crippen LogP contribution in [-0.2, 0) is 6.54 Å². The van der Waals surface area contributed by atoms with Gasteiger partial charge in [0.15, 0.2) is 5.56 Å². The van der Waals surface area contributed by atoms with Crippen molar-refractivity contribution in [1.82, 2.24) is 14.4 Å². The maximum absolute atomic E-state index is 13.1. The first-order chi connectivity index (χ1) is 13.6. The number of aromatic hydroxyl groups is 1. The Hall–Kier alpha value is -3.68. The molecule has 0 aliphatic carbocycles. The number of rotatable bonds is 4. The zero-order valence-corrected chi connectivity index (χ0v) is 14.5. The van der Waals surface area contributed by atoms with Gasteiger partial charge in [0.2, 0.25) is 0 Å². The molecule has 3 aromatic heterocycles. The Morgan fingerprint density at radius 1 is 1.11 bits per heavy atom. The number of pyridine rings is 1. The molecule has 0 aliphatic rings. The molecule has 3 heterocycles. The van der Waals surface area contributed by atoms with Crippen LogP contribution < -0.4 is 10.1 Å². The molecule has 0 unspecified atom stereocenters. The summed E-state index contributed by atoms with van der Waals surface area (Å²) < 4.78 is 29.1. The van der Waals surface area contributed by atoms with Crippen LogP contribution in [0.25, 0.3) is 16.8 Å². The maximum Gasteiger partial charge on any atom is 0.354 e. The summed E-state index contributed by atoms with van der Waals surface area (Å²) in [5.41, 5.74) is 0.597. The SMILES string of the molecule is O=c1c(-c2cccc(C(F)F)c2)c(O)[n+](Cc2cncnc2)c2ccccn12. The predicted molar refractivity (Wildman–Crippen MR) is 97.1 cm³/mol. The van der Waals surface area contributed by atoms with Gasteiger partial charge in [-0.2, -0.15) is 8.97 Å². The lowest BCUT2D eigenvalue weighted by atomic mass is 10.0. The molecule has 0 spiro atoms. The monoisotopic (exact) mass is 381 g/mol.